The second-order valence-electron chi connectivity index (χ2n) is 6.46. The van der Waals surface area contributed by atoms with Crippen molar-refractivity contribution in [2.24, 2.45) is 16.8 Å². The molecule has 1 saturated carbocycles. The van der Waals surface area contributed by atoms with Gasteiger partial charge in [0.25, 0.3) is 0 Å². The number of rotatable bonds is 6. The first-order valence-corrected chi connectivity index (χ1v) is 8.61. The maximum atomic E-state index is 4.30. The van der Waals surface area contributed by atoms with E-state index in [9.17, 15) is 0 Å². The summed E-state index contributed by atoms with van der Waals surface area (Å²) in [5.41, 5.74) is 1.25. The molecule has 4 nitrogen and oxygen atoms in total. The van der Waals surface area contributed by atoms with E-state index in [2.05, 4.69) is 33.6 Å². The van der Waals surface area contributed by atoms with Crippen LogP contribution >= 0.6 is 0 Å². The number of aromatic nitrogens is 1. The summed E-state index contributed by atoms with van der Waals surface area (Å²) >= 11 is 0. The zero-order valence-corrected chi connectivity index (χ0v) is 14.0. The molecule has 0 spiro atoms. The van der Waals surface area contributed by atoms with E-state index >= 15 is 0 Å². The van der Waals surface area contributed by atoms with Gasteiger partial charge in [0.15, 0.2) is 5.96 Å². The highest BCUT2D eigenvalue weighted by molar-refractivity contribution is 5.79. The Balaban J connectivity index is 1.61. The second kappa shape index (κ2) is 9.44. The first-order chi connectivity index (χ1) is 10.8. The minimum atomic E-state index is 0.881. The van der Waals surface area contributed by atoms with Crippen LogP contribution in [0.5, 0.6) is 0 Å². The topological polar surface area (TPSA) is 49.3 Å². The maximum absolute atomic E-state index is 4.30. The number of nitrogens with one attached hydrogen (secondary N) is 2. The lowest BCUT2D eigenvalue weighted by atomic mass is 9.81. The van der Waals surface area contributed by atoms with Crippen molar-refractivity contribution in [3.8, 4) is 0 Å². The Morgan fingerprint density at radius 3 is 2.91 bits per heavy atom. The van der Waals surface area contributed by atoms with Crippen LogP contribution in [-0.4, -0.2) is 31.1 Å². The molecule has 1 aliphatic rings. The normalized spacial score (nSPS) is 22.4. The first kappa shape index (κ1) is 16.8. The average molecular weight is 302 g/mol. The fraction of sp³-hybridized carbons (Fsp3) is 0.667. The lowest BCUT2D eigenvalue weighted by Gasteiger charge is -2.26. The highest BCUT2D eigenvalue weighted by Gasteiger charge is 2.18. The molecule has 2 N–H and O–H groups in total. The Hall–Kier alpha value is -1.58. The van der Waals surface area contributed by atoms with Gasteiger partial charge in [-0.1, -0.05) is 32.3 Å². The standard InChI is InChI=1S/C18H30N4/c1-15-5-3-6-16(13-15)8-11-21-18(19-2)22-12-9-17-7-4-10-20-14-17/h4,7,10,14-16H,3,5-6,8-9,11-13H2,1-2H3,(H2,19,21,22). The molecule has 4 heteroatoms. The largest absolute Gasteiger partial charge is 0.356 e. The van der Waals surface area contributed by atoms with E-state index in [4.69, 9.17) is 0 Å². The van der Waals surface area contributed by atoms with Gasteiger partial charge in [-0.3, -0.25) is 9.98 Å². The molecule has 1 aliphatic carbocycles. The monoisotopic (exact) mass is 302 g/mol. The summed E-state index contributed by atoms with van der Waals surface area (Å²) in [4.78, 5) is 8.43. The van der Waals surface area contributed by atoms with Crippen LogP contribution in [0.4, 0.5) is 0 Å². The van der Waals surface area contributed by atoms with Crippen LogP contribution in [0.1, 0.15) is 44.6 Å². The molecule has 1 heterocycles. The van der Waals surface area contributed by atoms with Crippen LogP contribution in [0.3, 0.4) is 0 Å². The molecule has 0 aromatic carbocycles. The number of nitrogens with zero attached hydrogens (tertiary/aromatic N) is 2. The Kier molecular flexibility index (Phi) is 7.20. The van der Waals surface area contributed by atoms with Gasteiger partial charge in [0.1, 0.15) is 0 Å². The molecule has 0 saturated heterocycles. The van der Waals surface area contributed by atoms with E-state index in [0.29, 0.717) is 0 Å². The predicted octanol–water partition coefficient (Wildman–Crippen LogP) is 3.01. The summed E-state index contributed by atoms with van der Waals surface area (Å²) in [5.74, 6) is 2.72. The second-order valence-corrected chi connectivity index (χ2v) is 6.46. The van der Waals surface area contributed by atoms with Crippen molar-refractivity contribution in [1.82, 2.24) is 15.6 Å². The van der Waals surface area contributed by atoms with Gasteiger partial charge in [-0.2, -0.15) is 0 Å². The number of hydrogen-bond acceptors (Lipinski definition) is 2. The van der Waals surface area contributed by atoms with Crippen molar-refractivity contribution >= 4 is 5.96 Å². The van der Waals surface area contributed by atoms with E-state index < -0.39 is 0 Å². The van der Waals surface area contributed by atoms with Crippen molar-refractivity contribution in [3.63, 3.8) is 0 Å². The van der Waals surface area contributed by atoms with Crippen molar-refractivity contribution in [2.45, 2.75) is 45.4 Å². The van der Waals surface area contributed by atoms with E-state index in [1.54, 1.807) is 0 Å². The van der Waals surface area contributed by atoms with Gasteiger partial charge in [-0.15, -0.1) is 0 Å². The van der Waals surface area contributed by atoms with E-state index in [0.717, 1.165) is 37.3 Å². The van der Waals surface area contributed by atoms with Crippen LogP contribution in [0.25, 0.3) is 0 Å². The summed E-state index contributed by atoms with van der Waals surface area (Å²) in [6, 6.07) is 4.09. The smallest absolute Gasteiger partial charge is 0.190 e. The SMILES string of the molecule is CN=C(NCCc1cccnc1)NCCC1CCCC(C)C1. The third-order valence-corrected chi connectivity index (χ3v) is 4.54. The summed E-state index contributed by atoms with van der Waals surface area (Å²) in [6.45, 7) is 4.29. The molecule has 2 unspecified atom stereocenters. The van der Waals surface area contributed by atoms with Crippen LogP contribution in [0, 0.1) is 11.8 Å². The van der Waals surface area contributed by atoms with Crippen molar-refractivity contribution in [2.75, 3.05) is 20.1 Å². The van der Waals surface area contributed by atoms with E-state index in [1.807, 2.05) is 25.5 Å². The van der Waals surface area contributed by atoms with Crippen molar-refractivity contribution in [3.05, 3.63) is 30.1 Å². The van der Waals surface area contributed by atoms with Gasteiger partial charge in [-0.25, -0.2) is 0 Å². The molecule has 22 heavy (non-hydrogen) atoms. The lowest BCUT2D eigenvalue weighted by molar-refractivity contribution is 0.270. The van der Waals surface area contributed by atoms with Gasteiger partial charge in [0.2, 0.25) is 0 Å². The van der Waals surface area contributed by atoms with Crippen LogP contribution in [0.2, 0.25) is 0 Å². The molecule has 1 aromatic heterocycles. The quantitative estimate of drug-likeness (QED) is 0.627. The minimum absolute atomic E-state index is 0.881. The third-order valence-electron chi connectivity index (χ3n) is 4.54. The average Bonchev–Trinajstić information content (AvgIpc) is 2.54. The molecular formula is C18H30N4. The van der Waals surface area contributed by atoms with Gasteiger partial charge in [0.05, 0.1) is 0 Å². The number of aliphatic imine (C=N–C) groups is 1. The number of pyridine rings is 1. The van der Waals surface area contributed by atoms with Crippen LogP contribution < -0.4 is 10.6 Å². The highest BCUT2D eigenvalue weighted by atomic mass is 15.2. The Morgan fingerprint density at radius 1 is 1.32 bits per heavy atom. The summed E-state index contributed by atoms with van der Waals surface area (Å²) in [5, 5.41) is 6.82. The molecule has 122 valence electrons. The molecular weight excluding hydrogens is 272 g/mol. The number of hydrogen-bond donors (Lipinski definition) is 2. The molecule has 1 aromatic rings. The molecule has 0 bridgehead atoms. The van der Waals surface area contributed by atoms with Crippen molar-refractivity contribution < 1.29 is 0 Å². The van der Waals surface area contributed by atoms with E-state index in [-0.39, 0.29) is 0 Å². The maximum Gasteiger partial charge on any atom is 0.190 e. The van der Waals surface area contributed by atoms with Gasteiger partial charge >= 0.3 is 0 Å². The summed E-state index contributed by atoms with van der Waals surface area (Å²) < 4.78 is 0. The third kappa shape index (κ3) is 6.04. The van der Waals surface area contributed by atoms with Crippen LogP contribution in [-0.2, 0) is 6.42 Å². The fourth-order valence-corrected chi connectivity index (χ4v) is 3.31. The predicted molar refractivity (Wildman–Crippen MR) is 93.0 cm³/mol. The molecule has 0 amide bonds. The molecule has 1 fully saturated rings. The minimum Gasteiger partial charge on any atom is -0.356 e. The number of guanidine groups is 1. The van der Waals surface area contributed by atoms with Crippen LogP contribution in [0.15, 0.2) is 29.5 Å². The van der Waals surface area contributed by atoms with Gasteiger partial charge in [-0.05, 0) is 42.7 Å². The highest BCUT2D eigenvalue weighted by Crippen LogP contribution is 2.30. The first-order valence-electron chi connectivity index (χ1n) is 8.61. The Morgan fingerprint density at radius 2 is 2.18 bits per heavy atom. The lowest BCUT2D eigenvalue weighted by Crippen LogP contribution is -2.39. The fourth-order valence-electron chi connectivity index (χ4n) is 3.31. The van der Waals surface area contributed by atoms with E-state index in [1.165, 1.54) is 37.7 Å². The van der Waals surface area contributed by atoms with Crippen molar-refractivity contribution in [1.29, 1.82) is 0 Å². The Labute approximate surface area is 134 Å². The molecule has 0 radical (unpaired) electrons. The summed E-state index contributed by atoms with van der Waals surface area (Å²) in [7, 11) is 1.84. The Bertz CT molecular complexity index is 444. The molecule has 0 aliphatic heterocycles. The molecule has 2 atom stereocenters. The molecule has 2 rings (SSSR count). The zero-order valence-electron chi connectivity index (χ0n) is 14.0. The summed E-state index contributed by atoms with van der Waals surface area (Å²) in [6.07, 6.45) is 11.6. The van der Waals surface area contributed by atoms with Gasteiger partial charge in [0, 0.05) is 32.5 Å². The zero-order chi connectivity index (χ0) is 15.6. The van der Waals surface area contributed by atoms with Gasteiger partial charge < -0.3 is 10.6 Å².